The minimum absolute atomic E-state index is 0.163. The van der Waals surface area contributed by atoms with Crippen LogP contribution in [0.15, 0.2) is 30.5 Å². The molecule has 94 valence electrons. The van der Waals surface area contributed by atoms with E-state index in [9.17, 15) is 0 Å². The molecule has 4 heteroatoms. The molecule has 18 heavy (non-hydrogen) atoms. The van der Waals surface area contributed by atoms with Crippen molar-refractivity contribution in [2.45, 2.75) is 20.0 Å². The molecule has 0 unspecified atom stereocenters. The zero-order valence-corrected chi connectivity index (χ0v) is 10.6. The number of hydrogen-bond acceptors (Lipinski definition) is 4. The lowest BCUT2D eigenvalue weighted by Crippen LogP contribution is -1.97. The number of aryl methyl sites for hydroxylation is 1. The van der Waals surface area contributed by atoms with Crippen molar-refractivity contribution in [1.82, 2.24) is 9.97 Å². The molecule has 0 saturated carbocycles. The van der Waals surface area contributed by atoms with Gasteiger partial charge in [0.15, 0.2) is 5.82 Å². The van der Waals surface area contributed by atoms with Crippen LogP contribution < -0.4 is 4.74 Å². The third-order valence-electron chi connectivity index (χ3n) is 2.79. The number of nitrogens with zero attached hydrogens (tertiary/aromatic N) is 2. The van der Waals surface area contributed by atoms with Gasteiger partial charge in [0.1, 0.15) is 12.4 Å². The lowest BCUT2D eigenvalue weighted by molar-refractivity contribution is 0.271. The number of aliphatic hydroxyl groups excluding tert-OH is 1. The van der Waals surface area contributed by atoms with Crippen molar-refractivity contribution < 1.29 is 9.84 Å². The third-order valence-corrected chi connectivity index (χ3v) is 2.79. The van der Waals surface area contributed by atoms with Crippen molar-refractivity contribution in [2.75, 3.05) is 7.11 Å². The molecule has 1 aromatic carbocycles. The summed E-state index contributed by atoms with van der Waals surface area (Å²) in [7, 11) is 1.64. The van der Waals surface area contributed by atoms with Gasteiger partial charge in [0.2, 0.25) is 0 Å². The first kappa shape index (κ1) is 12.5. The summed E-state index contributed by atoms with van der Waals surface area (Å²) >= 11 is 0. The summed E-state index contributed by atoms with van der Waals surface area (Å²) in [6.07, 6.45) is 2.60. The summed E-state index contributed by atoms with van der Waals surface area (Å²) in [4.78, 5) is 8.28. The van der Waals surface area contributed by atoms with Gasteiger partial charge in [-0.15, -0.1) is 0 Å². The molecule has 0 aliphatic heterocycles. The van der Waals surface area contributed by atoms with E-state index in [-0.39, 0.29) is 6.61 Å². The Kier molecular flexibility index (Phi) is 3.89. The normalized spacial score (nSPS) is 10.4. The zero-order valence-electron chi connectivity index (χ0n) is 10.6. The van der Waals surface area contributed by atoms with Gasteiger partial charge in [0.05, 0.1) is 12.8 Å². The molecular formula is C14H16N2O2. The van der Waals surface area contributed by atoms with Crippen LogP contribution in [0.4, 0.5) is 0 Å². The summed E-state index contributed by atoms with van der Waals surface area (Å²) in [5, 5.41) is 9.08. The van der Waals surface area contributed by atoms with E-state index in [1.165, 1.54) is 5.56 Å². The van der Waals surface area contributed by atoms with E-state index in [4.69, 9.17) is 9.84 Å². The van der Waals surface area contributed by atoms with Crippen LogP contribution in [0.3, 0.4) is 0 Å². The van der Waals surface area contributed by atoms with E-state index >= 15 is 0 Å². The van der Waals surface area contributed by atoms with Gasteiger partial charge in [-0.25, -0.2) is 9.97 Å². The van der Waals surface area contributed by atoms with Crippen molar-refractivity contribution in [2.24, 2.45) is 0 Å². The number of rotatable bonds is 4. The van der Waals surface area contributed by atoms with E-state index < -0.39 is 0 Å². The second kappa shape index (κ2) is 5.60. The van der Waals surface area contributed by atoms with E-state index in [1.54, 1.807) is 13.3 Å². The highest BCUT2D eigenvalue weighted by Gasteiger charge is 2.09. The fourth-order valence-corrected chi connectivity index (χ4v) is 1.80. The van der Waals surface area contributed by atoms with Gasteiger partial charge >= 0.3 is 0 Å². The highest BCUT2D eigenvalue weighted by atomic mass is 16.5. The quantitative estimate of drug-likeness (QED) is 0.895. The van der Waals surface area contributed by atoms with Crippen molar-refractivity contribution in [3.8, 4) is 17.0 Å². The monoisotopic (exact) mass is 244 g/mol. The lowest BCUT2D eigenvalue weighted by Gasteiger charge is -2.10. The fourth-order valence-electron chi connectivity index (χ4n) is 1.80. The molecule has 0 radical (unpaired) electrons. The molecule has 0 saturated heterocycles. The Morgan fingerprint density at radius 2 is 2.11 bits per heavy atom. The number of benzene rings is 1. The number of aliphatic hydroxyl groups is 1. The van der Waals surface area contributed by atoms with Crippen molar-refractivity contribution in [3.05, 3.63) is 41.9 Å². The summed E-state index contributed by atoms with van der Waals surface area (Å²) in [6.45, 7) is 1.94. The average molecular weight is 244 g/mol. The zero-order chi connectivity index (χ0) is 13.0. The first-order valence-corrected chi connectivity index (χ1v) is 5.88. The topological polar surface area (TPSA) is 55.2 Å². The number of ether oxygens (including phenoxy) is 1. The molecule has 1 aromatic heterocycles. The van der Waals surface area contributed by atoms with Crippen LogP contribution in [-0.4, -0.2) is 22.2 Å². The molecule has 0 amide bonds. The highest BCUT2D eigenvalue weighted by Crippen LogP contribution is 2.29. The van der Waals surface area contributed by atoms with Crippen LogP contribution in [0.5, 0.6) is 5.75 Å². The summed E-state index contributed by atoms with van der Waals surface area (Å²) in [6, 6.07) is 7.85. The maximum atomic E-state index is 9.08. The second-order valence-corrected chi connectivity index (χ2v) is 3.90. The number of aromatic nitrogens is 2. The molecule has 1 N–H and O–H groups in total. The first-order chi connectivity index (χ1) is 8.78. The predicted molar refractivity (Wildman–Crippen MR) is 69.3 cm³/mol. The van der Waals surface area contributed by atoms with Crippen LogP contribution in [0.25, 0.3) is 11.3 Å². The Balaban J connectivity index is 2.53. The average Bonchev–Trinajstić information content (AvgIpc) is 2.46. The summed E-state index contributed by atoms with van der Waals surface area (Å²) < 4.78 is 5.35. The molecule has 0 aliphatic rings. The van der Waals surface area contributed by atoms with Gasteiger partial charge in [-0.05, 0) is 30.2 Å². The second-order valence-electron chi connectivity index (χ2n) is 3.90. The first-order valence-electron chi connectivity index (χ1n) is 5.88. The minimum Gasteiger partial charge on any atom is -0.496 e. The highest BCUT2D eigenvalue weighted by molar-refractivity contribution is 5.67. The standard InChI is InChI=1S/C14H16N2O2/c1-3-10-4-5-13(18-2)11(8-10)12-6-7-15-14(9-17)16-12/h4-8,17H,3,9H2,1-2H3. The van der Waals surface area contributed by atoms with E-state index in [0.717, 1.165) is 23.4 Å². The maximum Gasteiger partial charge on any atom is 0.154 e. The van der Waals surface area contributed by atoms with Gasteiger partial charge in [-0.2, -0.15) is 0 Å². The van der Waals surface area contributed by atoms with Gasteiger partial charge < -0.3 is 9.84 Å². The summed E-state index contributed by atoms with van der Waals surface area (Å²) in [5.74, 6) is 1.19. The van der Waals surface area contributed by atoms with E-state index in [1.807, 2.05) is 18.2 Å². The Hall–Kier alpha value is -1.94. The molecule has 2 aromatic rings. The van der Waals surface area contributed by atoms with Crippen molar-refractivity contribution in [3.63, 3.8) is 0 Å². The summed E-state index contributed by atoms with van der Waals surface area (Å²) in [5.41, 5.74) is 2.91. The van der Waals surface area contributed by atoms with Gasteiger partial charge in [-0.3, -0.25) is 0 Å². The number of hydrogen-bond donors (Lipinski definition) is 1. The maximum absolute atomic E-state index is 9.08. The molecule has 4 nitrogen and oxygen atoms in total. The SMILES string of the molecule is CCc1ccc(OC)c(-c2ccnc(CO)n2)c1. The predicted octanol–water partition coefficient (Wildman–Crippen LogP) is 2.21. The Morgan fingerprint density at radius 1 is 1.28 bits per heavy atom. The fraction of sp³-hybridized carbons (Fsp3) is 0.286. The van der Waals surface area contributed by atoms with Crippen molar-refractivity contribution >= 4 is 0 Å². The van der Waals surface area contributed by atoms with Crippen LogP contribution in [0.2, 0.25) is 0 Å². The van der Waals surface area contributed by atoms with Crippen LogP contribution in [0, 0.1) is 0 Å². The van der Waals surface area contributed by atoms with Gasteiger partial charge in [0, 0.05) is 11.8 Å². The van der Waals surface area contributed by atoms with Crippen LogP contribution in [-0.2, 0) is 13.0 Å². The van der Waals surface area contributed by atoms with Crippen molar-refractivity contribution in [1.29, 1.82) is 0 Å². The molecular weight excluding hydrogens is 228 g/mol. The molecule has 0 aliphatic carbocycles. The third kappa shape index (κ3) is 2.49. The lowest BCUT2D eigenvalue weighted by atomic mass is 10.0. The Bertz CT molecular complexity index is 541. The minimum atomic E-state index is -0.163. The Labute approximate surface area is 106 Å². The van der Waals surface area contributed by atoms with Gasteiger partial charge in [0.25, 0.3) is 0 Å². The largest absolute Gasteiger partial charge is 0.496 e. The van der Waals surface area contributed by atoms with Crippen LogP contribution >= 0.6 is 0 Å². The molecule has 0 bridgehead atoms. The smallest absolute Gasteiger partial charge is 0.154 e. The molecule has 1 heterocycles. The Morgan fingerprint density at radius 3 is 2.78 bits per heavy atom. The van der Waals surface area contributed by atoms with E-state index in [2.05, 4.69) is 23.0 Å². The molecule has 2 rings (SSSR count). The molecule has 0 spiro atoms. The number of methoxy groups -OCH3 is 1. The van der Waals surface area contributed by atoms with E-state index in [0.29, 0.717) is 5.82 Å². The van der Waals surface area contributed by atoms with Crippen LogP contribution in [0.1, 0.15) is 18.3 Å². The van der Waals surface area contributed by atoms with Gasteiger partial charge in [-0.1, -0.05) is 13.0 Å². The molecule has 0 fully saturated rings. The molecule has 0 atom stereocenters.